The van der Waals surface area contributed by atoms with Gasteiger partial charge in [-0.1, -0.05) is 23.2 Å². The van der Waals surface area contributed by atoms with E-state index in [1.807, 2.05) is 0 Å². The standard InChI is InChI=1S/C13H9Cl2FN2O2/c1-6-4-10(14)17-12(15)11(6)18-13(20)8-3-2-7(16)5-9(8)19/h2-5,19H,1H3,(H,18,20). The molecule has 7 heteroatoms. The molecule has 0 saturated heterocycles. The molecule has 2 rings (SSSR count). The lowest BCUT2D eigenvalue weighted by Crippen LogP contribution is -2.14. The number of hydrogen-bond donors (Lipinski definition) is 2. The predicted molar refractivity (Wildman–Crippen MR) is 75.0 cm³/mol. The Morgan fingerprint density at radius 1 is 1.35 bits per heavy atom. The van der Waals surface area contributed by atoms with E-state index in [1.165, 1.54) is 12.1 Å². The van der Waals surface area contributed by atoms with E-state index in [9.17, 15) is 14.3 Å². The predicted octanol–water partition coefficient (Wildman–Crippen LogP) is 3.79. The number of phenolic OH excluding ortho intramolecular Hbond substituents is 1. The third-order valence-corrected chi connectivity index (χ3v) is 3.05. The number of carbonyl (C=O) groups excluding carboxylic acids is 1. The number of aromatic hydroxyl groups is 1. The molecule has 1 amide bonds. The zero-order chi connectivity index (χ0) is 14.9. The molecule has 0 aliphatic heterocycles. The number of halogens is 3. The van der Waals surface area contributed by atoms with Crippen LogP contribution in [0.5, 0.6) is 5.75 Å². The lowest BCUT2D eigenvalue weighted by Gasteiger charge is -2.11. The molecule has 1 heterocycles. The van der Waals surface area contributed by atoms with E-state index in [0.717, 1.165) is 12.1 Å². The highest BCUT2D eigenvalue weighted by molar-refractivity contribution is 6.35. The van der Waals surface area contributed by atoms with Gasteiger partial charge in [-0.3, -0.25) is 4.79 Å². The Labute approximate surface area is 124 Å². The van der Waals surface area contributed by atoms with Gasteiger partial charge in [0, 0.05) is 6.07 Å². The molecule has 0 aliphatic rings. The van der Waals surface area contributed by atoms with Crippen LogP contribution < -0.4 is 5.32 Å². The molecule has 1 aromatic heterocycles. The van der Waals surface area contributed by atoms with Gasteiger partial charge in [-0.05, 0) is 30.7 Å². The summed E-state index contributed by atoms with van der Waals surface area (Å²) in [6.07, 6.45) is 0. The molecule has 2 N–H and O–H groups in total. The van der Waals surface area contributed by atoms with Crippen molar-refractivity contribution in [3.8, 4) is 5.75 Å². The number of amides is 1. The summed E-state index contributed by atoms with van der Waals surface area (Å²) in [4.78, 5) is 15.8. The Morgan fingerprint density at radius 3 is 2.65 bits per heavy atom. The van der Waals surface area contributed by atoms with Gasteiger partial charge in [0.2, 0.25) is 0 Å². The first-order chi connectivity index (χ1) is 9.38. The fourth-order valence-electron chi connectivity index (χ4n) is 1.62. The van der Waals surface area contributed by atoms with Gasteiger partial charge in [0.15, 0.2) is 5.15 Å². The van der Waals surface area contributed by atoms with Crippen molar-refractivity contribution in [2.45, 2.75) is 6.92 Å². The fraction of sp³-hybridized carbons (Fsp3) is 0.0769. The molecular formula is C13H9Cl2FN2O2. The van der Waals surface area contributed by atoms with Gasteiger partial charge >= 0.3 is 0 Å². The zero-order valence-electron chi connectivity index (χ0n) is 10.2. The summed E-state index contributed by atoms with van der Waals surface area (Å²) >= 11 is 11.6. The van der Waals surface area contributed by atoms with E-state index in [1.54, 1.807) is 6.92 Å². The summed E-state index contributed by atoms with van der Waals surface area (Å²) in [6.45, 7) is 1.69. The van der Waals surface area contributed by atoms with Crippen LogP contribution in [0.25, 0.3) is 0 Å². The Kier molecular flexibility index (Phi) is 4.11. The van der Waals surface area contributed by atoms with Crippen molar-refractivity contribution in [3.05, 3.63) is 51.5 Å². The number of anilines is 1. The highest BCUT2D eigenvalue weighted by Crippen LogP contribution is 2.28. The van der Waals surface area contributed by atoms with Crippen LogP contribution in [0.4, 0.5) is 10.1 Å². The topological polar surface area (TPSA) is 62.2 Å². The monoisotopic (exact) mass is 314 g/mol. The van der Waals surface area contributed by atoms with Crippen LogP contribution in [0, 0.1) is 12.7 Å². The van der Waals surface area contributed by atoms with Crippen LogP contribution in [-0.2, 0) is 0 Å². The van der Waals surface area contributed by atoms with E-state index >= 15 is 0 Å². The van der Waals surface area contributed by atoms with Gasteiger partial charge in [-0.2, -0.15) is 0 Å². The fourth-order valence-corrected chi connectivity index (χ4v) is 2.20. The van der Waals surface area contributed by atoms with E-state index in [2.05, 4.69) is 10.3 Å². The summed E-state index contributed by atoms with van der Waals surface area (Å²) in [5.41, 5.74) is 0.826. The number of rotatable bonds is 2. The second kappa shape index (κ2) is 5.64. The lowest BCUT2D eigenvalue weighted by atomic mass is 10.1. The highest BCUT2D eigenvalue weighted by Gasteiger charge is 2.16. The number of phenols is 1. The highest BCUT2D eigenvalue weighted by atomic mass is 35.5. The maximum absolute atomic E-state index is 12.9. The molecule has 0 radical (unpaired) electrons. The Morgan fingerprint density at radius 2 is 2.05 bits per heavy atom. The first-order valence-electron chi connectivity index (χ1n) is 5.51. The molecule has 0 unspecified atom stereocenters. The summed E-state index contributed by atoms with van der Waals surface area (Å²) < 4.78 is 12.9. The summed E-state index contributed by atoms with van der Waals surface area (Å²) in [7, 11) is 0. The van der Waals surface area contributed by atoms with Gasteiger partial charge in [-0.15, -0.1) is 0 Å². The molecule has 0 bridgehead atoms. The van der Waals surface area contributed by atoms with Crippen LogP contribution in [0.3, 0.4) is 0 Å². The quantitative estimate of drug-likeness (QED) is 0.829. The largest absolute Gasteiger partial charge is 0.507 e. The molecule has 0 fully saturated rings. The van der Waals surface area contributed by atoms with E-state index in [-0.39, 0.29) is 21.6 Å². The molecule has 20 heavy (non-hydrogen) atoms. The first-order valence-corrected chi connectivity index (χ1v) is 6.26. The number of benzene rings is 1. The van der Waals surface area contributed by atoms with Crippen molar-refractivity contribution >= 4 is 34.8 Å². The smallest absolute Gasteiger partial charge is 0.259 e. The van der Waals surface area contributed by atoms with Gasteiger partial charge in [0.05, 0.1) is 11.3 Å². The van der Waals surface area contributed by atoms with E-state index < -0.39 is 17.5 Å². The van der Waals surface area contributed by atoms with Crippen molar-refractivity contribution in [2.75, 3.05) is 5.32 Å². The molecule has 2 aromatic rings. The molecule has 0 spiro atoms. The number of nitrogens with zero attached hydrogens (tertiary/aromatic N) is 1. The molecule has 0 atom stereocenters. The molecular weight excluding hydrogens is 306 g/mol. The minimum atomic E-state index is -0.638. The molecule has 0 aliphatic carbocycles. The van der Waals surface area contributed by atoms with Crippen molar-refractivity contribution < 1.29 is 14.3 Å². The number of hydrogen-bond acceptors (Lipinski definition) is 3. The van der Waals surface area contributed by atoms with Crippen molar-refractivity contribution in [1.82, 2.24) is 4.98 Å². The summed E-state index contributed by atoms with van der Waals surface area (Å²) in [6, 6.07) is 4.63. The van der Waals surface area contributed by atoms with Crippen LogP contribution in [0.15, 0.2) is 24.3 Å². The Hall–Kier alpha value is -1.85. The molecule has 104 valence electrons. The van der Waals surface area contributed by atoms with Gasteiger partial charge < -0.3 is 10.4 Å². The van der Waals surface area contributed by atoms with Crippen LogP contribution >= 0.6 is 23.2 Å². The SMILES string of the molecule is Cc1cc(Cl)nc(Cl)c1NC(=O)c1ccc(F)cc1O. The molecule has 1 aromatic carbocycles. The van der Waals surface area contributed by atoms with Gasteiger partial charge in [-0.25, -0.2) is 9.37 Å². The average molecular weight is 315 g/mol. The zero-order valence-corrected chi connectivity index (χ0v) is 11.8. The second-order valence-corrected chi connectivity index (χ2v) is 4.79. The van der Waals surface area contributed by atoms with Crippen molar-refractivity contribution in [1.29, 1.82) is 0 Å². The summed E-state index contributed by atoms with van der Waals surface area (Å²) in [5.74, 6) is -1.73. The minimum absolute atomic E-state index is 0.0324. The van der Waals surface area contributed by atoms with Crippen LogP contribution in [-0.4, -0.2) is 16.0 Å². The van der Waals surface area contributed by atoms with Gasteiger partial charge in [0.25, 0.3) is 5.91 Å². The molecule has 0 saturated carbocycles. The Bertz CT molecular complexity index is 669. The maximum Gasteiger partial charge on any atom is 0.259 e. The second-order valence-electron chi connectivity index (χ2n) is 4.04. The average Bonchev–Trinajstić information content (AvgIpc) is 2.33. The third-order valence-electron chi connectivity index (χ3n) is 2.58. The third kappa shape index (κ3) is 3.00. The number of carbonyl (C=O) groups is 1. The van der Waals surface area contributed by atoms with E-state index in [4.69, 9.17) is 23.2 Å². The maximum atomic E-state index is 12.9. The van der Waals surface area contributed by atoms with Crippen molar-refractivity contribution in [3.63, 3.8) is 0 Å². The van der Waals surface area contributed by atoms with Crippen LogP contribution in [0.1, 0.15) is 15.9 Å². The Balaban J connectivity index is 2.33. The van der Waals surface area contributed by atoms with Crippen LogP contribution in [0.2, 0.25) is 10.3 Å². The summed E-state index contributed by atoms with van der Waals surface area (Å²) in [5, 5.41) is 12.3. The normalized spacial score (nSPS) is 10.4. The number of aromatic nitrogens is 1. The number of nitrogens with one attached hydrogen (secondary N) is 1. The minimum Gasteiger partial charge on any atom is -0.507 e. The lowest BCUT2D eigenvalue weighted by molar-refractivity contribution is 0.102. The van der Waals surface area contributed by atoms with E-state index in [0.29, 0.717) is 5.56 Å². The van der Waals surface area contributed by atoms with Gasteiger partial charge in [0.1, 0.15) is 16.7 Å². The number of pyridine rings is 1. The van der Waals surface area contributed by atoms with Crippen molar-refractivity contribution in [2.24, 2.45) is 0 Å². The number of aryl methyl sites for hydroxylation is 1. The first kappa shape index (κ1) is 14.6. The molecule has 4 nitrogen and oxygen atoms in total.